The van der Waals surface area contributed by atoms with E-state index in [1.165, 1.54) is 32.1 Å². The molecule has 4 fully saturated rings. The molecule has 22 heavy (non-hydrogen) atoms. The SMILES string of the molecule is C[C@@]12CCC3[C@H](CCC4CC(O)CC[C@]43C)C1C[C@@H](C#N)C2. The van der Waals surface area contributed by atoms with Crippen molar-refractivity contribution in [2.75, 3.05) is 0 Å². The summed E-state index contributed by atoms with van der Waals surface area (Å²) in [5.74, 6) is 3.56. The molecular formula is C20H31NO. The molecule has 4 aliphatic carbocycles. The van der Waals surface area contributed by atoms with Gasteiger partial charge in [-0.1, -0.05) is 13.8 Å². The van der Waals surface area contributed by atoms with Crippen molar-refractivity contribution in [3.05, 3.63) is 0 Å². The van der Waals surface area contributed by atoms with Gasteiger partial charge in [-0.3, -0.25) is 0 Å². The van der Waals surface area contributed by atoms with Gasteiger partial charge in [-0.2, -0.15) is 5.26 Å². The maximum Gasteiger partial charge on any atom is 0.0656 e. The highest BCUT2D eigenvalue weighted by atomic mass is 16.3. The molecule has 8 atom stereocenters. The van der Waals surface area contributed by atoms with E-state index in [9.17, 15) is 10.4 Å². The van der Waals surface area contributed by atoms with Crippen LogP contribution >= 0.6 is 0 Å². The van der Waals surface area contributed by atoms with Crippen LogP contribution in [0.15, 0.2) is 0 Å². The minimum absolute atomic E-state index is 0.0436. The van der Waals surface area contributed by atoms with E-state index in [4.69, 9.17) is 0 Å². The fourth-order valence-corrected chi connectivity index (χ4v) is 7.39. The summed E-state index contributed by atoms with van der Waals surface area (Å²) < 4.78 is 0. The molecule has 0 aliphatic heterocycles. The Morgan fingerprint density at radius 2 is 1.82 bits per heavy atom. The summed E-state index contributed by atoms with van der Waals surface area (Å²) in [4.78, 5) is 0. The smallest absolute Gasteiger partial charge is 0.0656 e. The van der Waals surface area contributed by atoms with Crippen LogP contribution < -0.4 is 0 Å². The van der Waals surface area contributed by atoms with E-state index in [-0.39, 0.29) is 6.10 Å². The van der Waals surface area contributed by atoms with Gasteiger partial charge in [0.25, 0.3) is 0 Å². The van der Waals surface area contributed by atoms with Gasteiger partial charge in [0, 0.05) is 5.92 Å². The number of nitriles is 1. The molecule has 4 unspecified atom stereocenters. The summed E-state index contributed by atoms with van der Waals surface area (Å²) in [6, 6.07) is 2.58. The van der Waals surface area contributed by atoms with Gasteiger partial charge in [-0.05, 0) is 92.3 Å². The van der Waals surface area contributed by atoms with E-state index >= 15 is 0 Å². The summed E-state index contributed by atoms with van der Waals surface area (Å²) in [5, 5.41) is 19.5. The maximum atomic E-state index is 10.1. The lowest BCUT2D eigenvalue weighted by molar-refractivity contribution is -0.120. The molecule has 0 saturated heterocycles. The summed E-state index contributed by atoms with van der Waals surface area (Å²) in [6.07, 6.45) is 10.9. The number of aliphatic hydroxyl groups is 1. The maximum absolute atomic E-state index is 10.1. The highest BCUT2D eigenvalue weighted by Crippen LogP contribution is 2.66. The van der Waals surface area contributed by atoms with Crippen molar-refractivity contribution in [3.63, 3.8) is 0 Å². The molecule has 0 radical (unpaired) electrons. The number of aliphatic hydroxyl groups excluding tert-OH is 1. The third-order valence-electron chi connectivity index (χ3n) is 8.59. The highest BCUT2D eigenvalue weighted by molar-refractivity contribution is 5.10. The van der Waals surface area contributed by atoms with E-state index in [0.717, 1.165) is 49.4 Å². The first kappa shape index (κ1) is 15.0. The molecular weight excluding hydrogens is 270 g/mol. The van der Waals surface area contributed by atoms with E-state index in [0.29, 0.717) is 16.7 Å². The largest absolute Gasteiger partial charge is 0.393 e. The Morgan fingerprint density at radius 3 is 2.59 bits per heavy atom. The second-order valence-electron chi connectivity index (χ2n) is 9.54. The number of hydrogen-bond donors (Lipinski definition) is 1. The van der Waals surface area contributed by atoms with Crippen molar-refractivity contribution >= 4 is 0 Å². The Bertz CT molecular complexity index is 496. The summed E-state index contributed by atoms with van der Waals surface area (Å²) in [7, 11) is 0. The van der Waals surface area contributed by atoms with Crippen molar-refractivity contribution in [1.29, 1.82) is 5.26 Å². The van der Waals surface area contributed by atoms with Gasteiger partial charge >= 0.3 is 0 Å². The van der Waals surface area contributed by atoms with Gasteiger partial charge in [-0.15, -0.1) is 0 Å². The van der Waals surface area contributed by atoms with Crippen LogP contribution in [0.25, 0.3) is 0 Å². The van der Waals surface area contributed by atoms with Crippen LogP contribution in [0.2, 0.25) is 0 Å². The van der Waals surface area contributed by atoms with E-state index in [1.54, 1.807) is 0 Å². The molecule has 0 bridgehead atoms. The Morgan fingerprint density at radius 1 is 1.00 bits per heavy atom. The molecule has 2 nitrogen and oxygen atoms in total. The second kappa shape index (κ2) is 4.97. The van der Waals surface area contributed by atoms with Crippen LogP contribution in [0.5, 0.6) is 0 Å². The van der Waals surface area contributed by atoms with Crippen LogP contribution in [0.3, 0.4) is 0 Å². The van der Waals surface area contributed by atoms with Crippen molar-refractivity contribution in [2.24, 2.45) is 40.4 Å². The predicted octanol–water partition coefficient (Wildman–Crippen LogP) is 4.53. The molecule has 4 aliphatic rings. The van der Waals surface area contributed by atoms with Crippen molar-refractivity contribution < 1.29 is 5.11 Å². The molecule has 0 aromatic carbocycles. The fraction of sp³-hybridized carbons (Fsp3) is 0.950. The quantitative estimate of drug-likeness (QED) is 0.714. The van der Waals surface area contributed by atoms with E-state index in [1.807, 2.05) is 0 Å². The molecule has 2 heteroatoms. The van der Waals surface area contributed by atoms with E-state index in [2.05, 4.69) is 19.9 Å². The van der Waals surface area contributed by atoms with Crippen LogP contribution in [0.1, 0.15) is 71.6 Å². The minimum Gasteiger partial charge on any atom is -0.393 e. The van der Waals surface area contributed by atoms with Gasteiger partial charge in [0.2, 0.25) is 0 Å². The first-order valence-corrected chi connectivity index (χ1v) is 9.54. The lowest BCUT2D eigenvalue weighted by Crippen LogP contribution is -2.53. The van der Waals surface area contributed by atoms with Crippen LogP contribution in [-0.2, 0) is 0 Å². The zero-order chi connectivity index (χ0) is 15.5. The standard InChI is InChI=1S/C20H31NO/c1-19-7-6-17-16(18(19)9-13(11-19)12-21)4-3-14-10-15(22)5-8-20(14,17)2/h13-18,22H,3-11H2,1-2H3/t13-,14?,15?,16+,17?,18?,19+,20-/m1/s1. The average Bonchev–Trinajstić information content (AvgIpc) is 2.85. The molecule has 1 N–H and O–H groups in total. The van der Waals surface area contributed by atoms with Gasteiger partial charge < -0.3 is 5.11 Å². The molecule has 0 amide bonds. The van der Waals surface area contributed by atoms with Crippen LogP contribution in [-0.4, -0.2) is 11.2 Å². The Hall–Kier alpha value is -0.550. The van der Waals surface area contributed by atoms with Gasteiger partial charge in [0.15, 0.2) is 0 Å². The topological polar surface area (TPSA) is 44.0 Å². The third kappa shape index (κ3) is 2.01. The monoisotopic (exact) mass is 301 g/mol. The van der Waals surface area contributed by atoms with Crippen LogP contribution in [0.4, 0.5) is 0 Å². The number of nitrogens with zero attached hydrogens (tertiary/aromatic N) is 1. The van der Waals surface area contributed by atoms with Gasteiger partial charge in [0.1, 0.15) is 0 Å². The minimum atomic E-state index is -0.0436. The number of fused-ring (bicyclic) bond motifs is 5. The van der Waals surface area contributed by atoms with Gasteiger partial charge in [0.05, 0.1) is 12.2 Å². The first-order valence-electron chi connectivity index (χ1n) is 9.54. The summed E-state index contributed by atoms with van der Waals surface area (Å²) in [5.41, 5.74) is 0.910. The van der Waals surface area contributed by atoms with Crippen LogP contribution in [0, 0.1) is 51.8 Å². The van der Waals surface area contributed by atoms with Crippen molar-refractivity contribution in [3.8, 4) is 6.07 Å². The highest BCUT2D eigenvalue weighted by Gasteiger charge is 2.59. The first-order chi connectivity index (χ1) is 10.5. The Balaban J connectivity index is 1.61. The lowest BCUT2D eigenvalue weighted by atomic mass is 9.45. The Kier molecular flexibility index (Phi) is 3.39. The predicted molar refractivity (Wildman–Crippen MR) is 86.8 cm³/mol. The molecule has 0 spiro atoms. The van der Waals surface area contributed by atoms with Crippen molar-refractivity contribution in [2.45, 2.75) is 77.7 Å². The zero-order valence-electron chi connectivity index (χ0n) is 14.2. The molecule has 0 heterocycles. The molecule has 0 aromatic rings. The number of rotatable bonds is 0. The fourth-order valence-electron chi connectivity index (χ4n) is 7.39. The Labute approximate surface area is 135 Å². The molecule has 4 saturated carbocycles. The molecule has 0 aromatic heterocycles. The summed E-state index contributed by atoms with van der Waals surface area (Å²) in [6.45, 7) is 5.02. The molecule has 4 rings (SSSR count). The normalized spacial score (nSPS) is 57.4. The summed E-state index contributed by atoms with van der Waals surface area (Å²) >= 11 is 0. The van der Waals surface area contributed by atoms with E-state index < -0.39 is 0 Å². The lowest BCUT2D eigenvalue weighted by Gasteiger charge is -2.60. The second-order valence-corrected chi connectivity index (χ2v) is 9.54. The zero-order valence-corrected chi connectivity index (χ0v) is 14.2. The van der Waals surface area contributed by atoms with Crippen molar-refractivity contribution in [1.82, 2.24) is 0 Å². The third-order valence-corrected chi connectivity index (χ3v) is 8.59. The number of hydrogen-bond acceptors (Lipinski definition) is 2. The molecule has 122 valence electrons. The average molecular weight is 301 g/mol. The van der Waals surface area contributed by atoms with Gasteiger partial charge in [-0.25, -0.2) is 0 Å².